The summed E-state index contributed by atoms with van der Waals surface area (Å²) in [7, 11) is 0. The summed E-state index contributed by atoms with van der Waals surface area (Å²) in [5.41, 5.74) is 0. The average molecular weight is 191 g/mol. The van der Waals surface area contributed by atoms with Gasteiger partial charge in [0, 0.05) is 0 Å². The predicted molar refractivity (Wildman–Crippen MR) is 43.2 cm³/mol. The Morgan fingerprint density at radius 2 is 1.44 bits per heavy atom. The van der Waals surface area contributed by atoms with Crippen LogP contribution in [0.3, 0.4) is 0 Å². The molecule has 0 heterocycles. The van der Waals surface area contributed by atoms with Crippen molar-refractivity contribution >= 4 is 34.8 Å². The van der Waals surface area contributed by atoms with E-state index < -0.39 is 3.92 Å². The first kappa shape index (κ1) is 9.83. The summed E-state index contributed by atoms with van der Waals surface area (Å²) in [6.45, 7) is 5.41. The summed E-state index contributed by atoms with van der Waals surface area (Å²) in [6.07, 6.45) is 0. The molecule has 0 radical (unpaired) electrons. The highest BCUT2D eigenvalue weighted by molar-refractivity contribution is 6.67. The number of nitrogens with zero attached hydrogens (tertiary/aromatic N) is 1. The van der Waals surface area contributed by atoms with Gasteiger partial charge in [0.2, 0.25) is 3.92 Å². The molecule has 1 nitrogen and oxygen atoms in total. The van der Waals surface area contributed by atoms with Gasteiger partial charge in [-0.2, -0.15) is 0 Å². The molecule has 0 fully saturated rings. The van der Waals surface area contributed by atoms with Gasteiger partial charge in [0.1, 0.15) is 0 Å². The van der Waals surface area contributed by atoms with Gasteiger partial charge in [-0.3, -0.25) is 4.90 Å². The third kappa shape index (κ3) is 3.51. The van der Waals surface area contributed by atoms with Crippen molar-refractivity contribution in [1.82, 2.24) is 4.90 Å². The number of alkyl halides is 3. The lowest BCUT2D eigenvalue weighted by Crippen LogP contribution is -2.34. The van der Waals surface area contributed by atoms with Crippen LogP contribution in [-0.4, -0.2) is 21.9 Å². The summed E-state index contributed by atoms with van der Waals surface area (Å²) in [4.78, 5) is 1.73. The molecule has 0 rings (SSSR count). The Bertz CT molecular complexity index is 74.8. The third-order valence-electron chi connectivity index (χ3n) is 1.12. The summed E-state index contributed by atoms with van der Waals surface area (Å²) < 4.78 is -1.23. The van der Waals surface area contributed by atoms with E-state index in [-0.39, 0.29) is 0 Å². The lowest BCUT2D eigenvalue weighted by Gasteiger charge is -2.25. The van der Waals surface area contributed by atoms with Crippen LogP contribution >= 0.6 is 34.8 Å². The minimum atomic E-state index is -1.23. The van der Waals surface area contributed by atoms with Crippen molar-refractivity contribution in [2.24, 2.45) is 0 Å². The first-order valence-electron chi connectivity index (χ1n) is 2.84. The van der Waals surface area contributed by atoms with Gasteiger partial charge in [-0.25, -0.2) is 0 Å². The van der Waals surface area contributed by atoms with Crippen LogP contribution in [0.15, 0.2) is 0 Å². The van der Waals surface area contributed by atoms with Crippen LogP contribution < -0.4 is 0 Å². The second-order valence-corrected chi connectivity index (χ2v) is 3.86. The van der Waals surface area contributed by atoms with E-state index in [1.807, 2.05) is 13.8 Å². The number of hydrogen-bond acceptors (Lipinski definition) is 1. The Labute approximate surface area is 70.9 Å². The van der Waals surface area contributed by atoms with Crippen molar-refractivity contribution in [3.05, 3.63) is 0 Å². The van der Waals surface area contributed by atoms with E-state index in [4.69, 9.17) is 34.8 Å². The standard InChI is InChI=1S/C5H10Cl3N/c1-3-9(4-2)5(6,7)8/h3-4H2,1-2H3. The fourth-order valence-corrected chi connectivity index (χ4v) is 1.30. The molecule has 0 bridgehead atoms. The Balaban J connectivity index is 3.79. The van der Waals surface area contributed by atoms with Crippen LogP contribution in [-0.2, 0) is 0 Å². The molecule has 4 heteroatoms. The van der Waals surface area contributed by atoms with E-state index in [0.717, 1.165) is 13.1 Å². The molecule has 0 N–H and O–H groups in total. The van der Waals surface area contributed by atoms with Gasteiger partial charge in [-0.15, -0.1) is 0 Å². The number of hydrogen-bond donors (Lipinski definition) is 0. The maximum Gasteiger partial charge on any atom is 0.247 e. The van der Waals surface area contributed by atoms with Crippen LogP contribution in [0.2, 0.25) is 0 Å². The molecule has 0 aliphatic carbocycles. The molecule has 0 saturated heterocycles. The molecule has 9 heavy (non-hydrogen) atoms. The van der Waals surface area contributed by atoms with Gasteiger partial charge >= 0.3 is 0 Å². The second kappa shape index (κ2) is 3.87. The first-order chi connectivity index (χ1) is 4.02. The molecule has 0 saturated carbocycles. The summed E-state index contributed by atoms with van der Waals surface area (Å²) in [6, 6.07) is 0. The highest BCUT2D eigenvalue weighted by Gasteiger charge is 2.25. The molecule has 0 aromatic carbocycles. The van der Waals surface area contributed by atoms with Gasteiger partial charge < -0.3 is 0 Å². The van der Waals surface area contributed by atoms with E-state index in [0.29, 0.717) is 0 Å². The van der Waals surface area contributed by atoms with Crippen LogP contribution in [0, 0.1) is 0 Å². The van der Waals surface area contributed by atoms with E-state index in [2.05, 4.69) is 0 Å². The van der Waals surface area contributed by atoms with Crippen molar-refractivity contribution < 1.29 is 0 Å². The molecular formula is C5H10Cl3N. The Morgan fingerprint density at radius 3 is 1.44 bits per heavy atom. The molecule has 0 aromatic heterocycles. The van der Waals surface area contributed by atoms with E-state index in [1.165, 1.54) is 0 Å². The minimum Gasteiger partial charge on any atom is -0.260 e. The zero-order valence-electron chi connectivity index (χ0n) is 5.50. The Hall–Kier alpha value is 0.830. The molecule has 56 valence electrons. The quantitative estimate of drug-likeness (QED) is 0.478. The topological polar surface area (TPSA) is 3.24 Å². The van der Waals surface area contributed by atoms with E-state index >= 15 is 0 Å². The van der Waals surface area contributed by atoms with Crippen LogP contribution in [0.1, 0.15) is 13.8 Å². The summed E-state index contributed by atoms with van der Waals surface area (Å²) in [5, 5.41) is 0. The number of rotatable bonds is 2. The zero-order chi connectivity index (χ0) is 7.49. The predicted octanol–water partition coefficient (Wildman–Crippen LogP) is 2.66. The maximum absolute atomic E-state index is 5.56. The first-order valence-corrected chi connectivity index (χ1v) is 3.97. The molecule has 0 unspecified atom stereocenters. The molecule has 0 aliphatic heterocycles. The highest BCUT2D eigenvalue weighted by atomic mass is 35.6. The molecular weight excluding hydrogens is 180 g/mol. The van der Waals surface area contributed by atoms with Crippen LogP contribution in [0.25, 0.3) is 0 Å². The average Bonchev–Trinajstić information content (AvgIpc) is 1.65. The molecule has 0 atom stereocenters. The number of halogens is 3. The molecule has 0 aromatic rings. The Morgan fingerprint density at radius 1 is 1.11 bits per heavy atom. The molecule has 0 aliphatic rings. The maximum atomic E-state index is 5.56. The van der Waals surface area contributed by atoms with Crippen LogP contribution in [0.5, 0.6) is 0 Å². The van der Waals surface area contributed by atoms with Gasteiger partial charge in [0.05, 0.1) is 0 Å². The monoisotopic (exact) mass is 189 g/mol. The van der Waals surface area contributed by atoms with E-state index in [9.17, 15) is 0 Å². The van der Waals surface area contributed by atoms with Crippen molar-refractivity contribution in [1.29, 1.82) is 0 Å². The minimum absolute atomic E-state index is 0.757. The zero-order valence-corrected chi connectivity index (χ0v) is 7.76. The summed E-state index contributed by atoms with van der Waals surface area (Å²) in [5.74, 6) is 0. The summed E-state index contributed by atoms with van der Waals surface area (Å²) >= 11 is 16.7. The smallest absolute Gasteiger partial charge is 0.247 e. The lowest BCUT2D eigenvalue weighted by molar-refractivity contribution is 0.306. The van der Waals surface area contributed by atoms with Crippen molar-refractivity contribution in [2.45, 2.75) is 17.8 Å². The lowest BCUT2D eigenvalue weighted by atomic mass is 10.6. The SMILES string of the molecule is CCN(CC)C(Cl)(Cl)Cl. The van der Waals surface area contributed by atoms with Crippen molar-refractivity contribution in [3.8, 4) is 0 Å². The third-order valence-corrected chi connectivity index (χ3v) is 1.84. The fraction of sp³-hybridized carbons (Fsp3) is 1.00. The van der Waals surface area contributed by atoms with Gasteiger partial charge in [-0.1, -0.05) is 48.7 Å². The van der Waals surface area contributed by atoms with E-state index in [1.54, 1.807) is 4.90 Å². The van der Waals surface area contributed by atoms with Gasteiger partial charge in [0.25, 0.3) is 0 Å². The van der Waals surface area contributed by atoms with Gasteiger partial charge in [-0.05, 0) is 13.1 Å². The largest absolute Gasteiger partial charge is 0.260 e. The van der Waals surface area contributed by atoms with Gasteiger partial charge in [0.15, 0.2) is 0 Å². The normalized spacial score (nSPS) is 12.7. The second-order valence-electron chi connectivity index (χ2n) is 1.64. The highest BCUT2D eigenvalue weighted by Crippen LogP contribution is 2.29. The molecule has 0 spiro atoms. The Kier molecular flexibility index (Phi) is 4.22. The van der Waals surface area contributed by atoms with Crippen LogP contribution in [0.4, 0.5) is 0 Å². The fourth-order valence-electron chi connectivity index (χ4n) is 0.582. The van der Waals surface area contributed by atoms with Crippen molar-refractivity contribution in [3.63, 3.8) is 0 Å². The molecule has 0 amide bonds. The van der Waals surface area contributed by atoms with Crippen molar-refractivity contribution in [2.75, 3.05) is 13.1 Å².